The first-order valence-corrected chi connectivity index (χ1v) is 9.65. The fraction of sp³-hybridized carbons (Fsp3) is 0.100. The standard InChI is InChI=1S/C20H14N4O5S/c1-12-15(8-9-16(21-12)17-3-2-10-30-17)20(25)28-11-18-22-23-19(29-18)13-4-6-14(7-5-13)24(26)27/h2-10H,11H2,1H3. The van der Waals surface area contributed by atoms with Crippen molar-refractivity contribution in [2.24, 2.45) is 0 Å². The number of benzene rings is 1. The molecule has 0 spiro atoms. The van der Waals surface area contributed by atoms with Gasteiger partial charge in [0, 0.05) is 17.7 Å². The quantitative estimate of drug-likeness (QED) is 0.254. The number of hydrogen-bond acceptors (Lipinski definition) is 9. The number of non-ortho nitro benzene ring substituents is 1. The molecule has 9 nitrogen and oxygen atoms in total. The topological polar surface area (TPSA) is 121 Å². The van der Waals surface area contributed by atoms with E-state index < -0.39 is 10.9 Å². The van der Waals surface area contributed by atoms with Crippen molar-refractivity contribution in [3.63, 3.8) is 0 Å². The van der Waals surface area contributed by atoms with E-state index in [0.29, 0.717) is 16.8 Å². The average Bonchev–Trinajstić information content (AvgIpc) is 3.44. The summed E-state index contributed by atoms with van der Waals surface area (Å²) in [5.41, 5.74) is 2.19. The van der Waals surface area contributed by atoms with Crippen molar-refractivity contribution in [1.82, 2.24) is 15.2 Å². The first-order chi connectivity index (χ1) is 14.5. The van der Waals surface area contributed by atoms with Crippen molar-refractivity contribution in [3.8, 4) is 22.0 Å². The van der Waals surface area contributed by atoms with Crippen LogP contribution in [0.3, 0.4) is 0 Å². The number of nitrogens with zero attached hydrogens (tertiary/aromatic N) is 4. The summed E-state index contributed by atoms with van der Waals surface area (Å²) >= 11 is 1.57. The van der Waals surface area contributed by atoms with Gasteiger partial charge in [-0.2, -0.15) is 0 Å². The molecule has 0 bridgehead atoms. The molecule has 0 aliphatic heterocycles. The Balaban J connectivity index is 1.41. The van der Waals surface area contributed by atoms with Crippen LogP contribution in [0, 0.1) is 17.0 Å². The molecular formula is C20H14N4O5S. The number of nitro groups is 1. The second-order valence-corrected chi connectivity index (χ2v) is 7.14. The van der Waals surface area contributed by atoms with E-state index in [9.17, 15) is 14.9 Å². The van der Waals surface area contributed by atoms with E-state index in [2.05, 4.69) is 15.2 Å². The van der Waals surface area contributed by atoms with Gasteiger partial charge in [0.2, 0.25) is 5.89 Å². The third-order valence-corrected chi connectivity index (χ3v) is 5.09. The fourth-order valence-corrected chi connectivity index (χ4v) is 3.39. The van der Waals surface area contributed by atoms with E-state index in [1.54, 1.807) is 30.4 Å². The predicted molar refractivity (Wildman–Crippen MR) is 108 cm³/mol. The van der Waals surface area contributed by atoms with Crippen molar-refractivity contribution in [2.45, 2.75) is 13.5 Å². The molecule has 4 aromatic rings. The molecule has 0 radical (unpaired) electrons. The van der Waals surface area contributed by atoms with E-state index in [1.165, 1.54) is 24.3 Å². The minimum absolute atomic E-state index is 0.0403. The minimum atomic E-state index is -0.548. The van der Waals surface area contributed by atoms with E-state index in [1.807, 2.05) is 17.5 Å². The third-order valence-electron chi connectivity index (χ3n) is 4.20. The minimum Gasteiger partial charge on any atom is -0.452 e. The number of aryl methyl sites for hydroxylation is 1. The summed E-state index contributed by atoms with van der Waals surface area (Å²) in [6.07, 6.45) is 0. The summed E-state index contributed by atoms with van der Waals surface area (Å²) in [5.74, 6) is -0.264. The van der Waals surface area contributed by atoms with Gasteiger partial charge in [-0.25, -0.2) is 4.79 Å². The SMILES string of the molecule is Cc1nc(-c2cccs2)ccc1C(=O)OCc1nnc(-c2ccc([N+](=O)[O-])cc2)o1. The molecule has 30 heavy (non-hydrogen) atoms. The Morgan fingerprint density at radius 3 is 2.63 bits per heavy atom. The van der Waals surface area contributed by atoms with Crippen LogP contribution < -0.4 is 0 Å². The Morgan fingerprint density at radius 1 is 1.17 bits per heavy atom. The lowest BCUT2D eigenvalue weighted by atomic mass is 10.2. The summed E-state index contributed by atoms with van der Waals surface area (Å²) < 4.78 is 10.7. The number of carbonyl (C=O) groups excluding carboxylic acids is 1. The smallest absolute Gasteiger partial charge is 0.340 e. The molecule has 150 valence electrons. The van der Waals surface area contributed by atoms with Gasteiger partial charge in [-0.15, -0.1) is 21.5 Å². The van der Waals surface area contributed by atoms with Crippen molar-refractivity contribution < 1.29 is 18.9 Å². The van der Waals surface area contributed by atoms with Gasteiger partial charge in [-0.1, -0.05) is 6.07 Å². The molecule has 0 aliphatic carbocycles. The van der Waals surface area contributed by atoms with E-state index >= 15 is 0 Å². The second-order valence-electron chi connectivity index (χ2n) is 6.19. The van der Waals surface area contributed by atoms with Gasteiger partial charge in [0.25, 0.3) is 11.6 Å². The Bertz CT molecular complexity index is 1200. The van der Waals surface area contributed by atoms with Crippen LogP contribution in [-0.2, 0) is 11.3 Å². The number of nitro benzene ring substituents is 1. The molecule has 0 unspecified atom stereocenters. The zero-order valence-electron chi connectivity index (χ0n) is 15.6. The van der Waals surface area contributed by atoms with Crippen LogP contribution in [0.25, 0.3) is 22.0 Å². The highest BCUT2D eigenvalue weighted by molar-refractivity contribution is 7.13. The second kappa shape index (κ2) is 8.21. The van der Waals surface area contributed by atoms with Gasteiger partial charge >= 0.3 is 5.97 Å². The third kappa shape index (κ3) is 4.08. The Morgan fingerprint density at radius 2 is 1.97 bits per heavy atom. The summed E-state index contributed by atoms with van der Waals surface area (Å²) in [6.45, 7) is 1.54. The monoisotopic (exact) mass is 422 g/mol. The highest BCUT2D eigenvalue weighted by Crippen LogP contribution is 2.24. The average molecular weight is 422 g/mol. The number of thiophene rings is 1. The predicted octanol–water partition coefficient (Wildman–Crippen LogP) is 4.43. The van der Waals surface area contributed by atoms with Crippen LogP contribution >= 0.6 is 11.3 Å². The van der Waals surface area contributed by atoms with E-state index in [-0.39, 0.29) is 24.1 Å². The van der Waals surface area contributed by atoms with Gasteiger partial charge in [-0.3, -0.25) is 15.1 Å². The zero-order chi connectivity index (χ0) is 21.1. The van der Waals surface area contributed by atoms with Crippen molar-refractivity contribution in [3.05, 3.63) is 81.2 Å². The van der Waals surface area contributed by atoms with Gasteiger partial charge in [0.1, 0.15) is 0 Å². The molecule has 0 fully saturated rings. The highest BCUT2D eigenvalue weighted by Gasteiger charge is 2.16. The number of pyridine rings is 1. The lowest BCUT2D eigenvalue weighted by Crippen LogP contribution is -2.08. The molecule has 0 saturated carbocycles. The molecule has 0 amide bonds. The first kappa shape index (κ1) is 19.4. The van der Waals surface area contributed by atoms with Crippen LogP contribution in [0.4, 0.5) is 5.69 Å². The van der Waals surface area contributed by atoms with Crippen LogP contribution in [0.1, 0.15) is 21.9 Å². The molecule has 0 N–H and O–H groups in total. The maximum atomic E-state index is 12.4. The number of rotatable bonds is 6. The van der Waals surface area contributed by atoms with Crippen molar-refractivity contribution in [1.29, 1.82) is 0 Å². The summed E-state index contributed by atoms with van der Waals surface area (Å²) in [4.78, 5) is 28.1. The van der Waals surface area contributed by atoms with Gasteiger partial charge in [0.15, 0.2) is 6.61 Å². The number of esters is 1. The van der Waals surface area contributed by atoms with Crippen LogP contribution in [0.15, 0.2) is 58.3 Å². The Labute approximate surface area is 174 Å². The van der Waals surface area contributed by atoms with Crippen LogP contribution in [0.5, 0.6) is 0 Å². The zero-order valence-corrected chi connectivity index (χ0v) is 16.5. The summed E-state index contributed by atoms with van der Waals surface area (Å²) in [7, 11) is 0. The number of hydrogen-bond donors (Lipinski definition) is 0. The molecule has 0 saturated heterocycles. The number of ether oxygens (including phenoxy) is 1. The van der Waals surface area contributed by atoms with Crippen LogP contribution in [0.2, 0.25) is 0 Å². The maximum Gasteiger partial charge on any atom is 0.340 e. The number of aromatic nitrogens is 3. The molecule has 0 aliphatic rings. The molecule has 0 atom stereocenters. The van der Waals surface area contributed by atoms with E-state index in [0.717, 1.165) is 10.6 Å². The van der Waals surface area contributed by atoms with Crippen LogP contribution in [-0.4, -0.2) is 26.1 Å². The van der Waals surface area contributed by atoms with Gasteiger partial charge in [-0.05, 0) is 42.6 Å². The van der Waals surface area contributed by atoms with Crippen molar-refractivity contribution >= 4 is 23.0 Å². The highest BCUT2D eigenvalue weighted by atomic mass is 32.1. The van der Waals surface area contributed by atoms with Crippen molar-refractivity contribution in [2.75, 3.05) is 0 Å². The number of carbonyl (C=O) groups is 1. The largest absolute Gasteiger partial charge is 0.452 e. The van der Waals surface area contributed by atoms with Gasteiger partial charge in [0.05, 0.1) is 26.8 Å². The summed E-state index contributed by atoms with van der Waals surface area (Å²) in [5, 5.41) is 20.4. The first-order valence-electron chi connectivity index (χ1n) is 8.77. The molecule has 4 rings (SSSR count). The lowest BCUT2D eigenvalue weighted by Gasteiger charge is -2.06. The van der Waals surface area contributed by atoms with E-state index in [4.69, 9.17) is 9.15 Å². The molecule has 10 heteroatoms. The lowest BCUT2D eigenvalue weighted by molar-refractivity contribution is -0.384. The Hall–Kier alpha value is -3.92. The van der Waals surface area contributed by atoms with Gasteiger partial charge < -0.3 is 9.15 Å². The summed E-state index contributed by atoms with van der Waals surface area (Å²) in [6, 6.07) is 13.0. The fourth-order valence-electron chi connectivity index (χ4n) is 2.70. The molecule has 3 heterocycles. The molecule has 3 aromatic heterocycles. The molecule has 1 aromatic carbocycles. The maximum absolute atomic E-state index is 12.4. The molecular weight excluding hydrogens is 408 g/mol. The Kier molecular flexibility index (Phi) is 5.31. The normalized spacial score (nSPS) is 10.7.